The normalized spacial score (nSPS) is 41.0. The van der Waals surface area contributed by atoms with Crippen LogP contribution < -0.4 is 5.32 Å². The highest BCUT2D eigenvalue weighted by Gasteiger charge is 2.53. The molecule has 0 aromatic rings. The third kappa shape index (κ3) is 8.08. The fraction of sp³-hybridized carbons (Fsp3) is 0.812. The van der Waals surface area contributed by atoms with Gasteiger partial charge in [-0.05, 0) is 64.2 Å². The summed E-state index contributed by atoms with van der Waals surface area (Å²) >= 11 is 1.20. The first-order chi connectivity index (χ1) is 20.2. The minimum atomic E-state index is -1.50. The predicted molar refractivity (Wildman–Crippen MR) is 164 cm³/mol. The monoisotopic (exact) mass is 622 g/mol. The third-order valence-corrected chi connectivity index (χ3v) is 10.1. The Morgan fingerprint density at radius 1 is 1.19 bits per heavy atom. The van der Waals surface area contributed by atoms with Gasteiger partial charge in [-0.25, -0.2) is 4.79 Å². The molecule has 4 aliphatic rings. The summed E-state index contributed by atoms with van der Waals surface area (Å²) in [7, 11) is 0. The molecule has 4 aliphatic heterocycles. The number of amides is 2. The molecule has 0 radical (unpaired) electrons. The number of ether oxygens (including phenoxy) is 3. The Kier molecular flexibility index (Phi) is 11.2. The lowest BCUT2D eigenvalue weighted by Crippen LogP contribution is -2.65. The van der Waals surface area contributed by atoms with Crippen LogP contribution in [0.5, 0.6) is 0 Å². The zero-order valence-electron chi connectivity index (χ0n) is 26.2. The maximum atomic E-state index is 14.3. The van der Waals surface area contributed by atoms with E-state index < -0.39 is 65.6 Å². The number of nitrogens with zero attached hydrogens (tertiary/aromatic N) is 1. The van der Waals surface area contributed by atoms with Crippen molar-refractivity contribution in [2.24, 2.45) is 23.7 Å². The summed E-state index contributed by atoms with van der Waals surface area (Å²) in [5.41, 5.74) is -1.65. The molecule has 43 heavy (non-hydrogen) atoms. The fourth-order valence-corrected chi connectivity index (χ4v) is 7.98. The van der Waals surface area contributed by atoms with Gasteiger partial charge in [-0.15, -0.1) is 18.2 Å². The number of thioether (sulfide) groups is 1. The Balaban J connectivity index is 1.64. The van der Waals surface area contributed by atoms with E-state index in [0.717, 1.165) is 19.3 Å². The lowest BCUT2D eigenvalue weighted by molar-refractivity contribution is -0.207. The number of carbonyl (C=O) groups excluding carboxylic acids is 2. The van der Waals surface area contributed by atoms with E-state index in [2.05, 4.69) is 25.1 Å². The minimum absolute atomic E-state index is 0.0362. The van der Waals surface area contributed by atoms with E-state index in [0.29, 0.717) is 31.4 Å². The standard InChI is InChI=1S/C32H50N2O8S/c1-8-21-11-9-10-18(4)22(28-25(36)24(35)26(37)30(41-28)43-21)33-29(38)23-27-20(15-19(12-13-40-27)14-17(2)3)16-34(23)31(39)42-32(5,6)7/h1,9-10,17-28,30,35-37H,11-16H2,2-7H3,(H,33,38)/b10-9-/t18-,19+,20+,21-,22-,23+,24-,25?,26-,27-,28-,30?/m1/s1. The van der Waals surface area contributed by atoms with Crippen LogP contribution in [0, 0.1) is 36.0 Å². The number of carbonyl (C=O) groups is 2. The second-order valence-corrected chi connectivity index (χ2v) is 15.3. The average Bonchev–Trinajstić information content (AvgIpc) is 3.16. The van der Waals surface area contributed by atoms with Crippen molar-refractivity contribution in [3.8, 4) is 12.3 Å². The summed E-state index contributed by atoms with van der Waals surface area (Å²) in [6.45, 7) is 12.5. The largest absolute Gasteiger partial charge is 0.444 e. The van der Waals surface area contributed by atoms with Crippen molar-refractivity contribution in [2.45, 2.75) is 126 Å². The molecule has 12 atom stereocenters. The van der Waals surface area contributed by atoms with Crippen LogP contribution in [0.2, 0.25) is 0 Å². The molecule has 2 unspecified atom stereocenters. The van der Waals surface area contributed by atoms with E-state index in [4.69, 9.17) is 20.6 Å². The van der Waals surface area contributed by atoms with Gasteiger partial charge in [0.25, 0.3) is 0 Å². The molecule has 4 rings (SSSR count). The summed E-state index contributed by atoms with van der Waals surface area (Å²) in [5.74, 6) is 2.83. The number of aliphatic hydroxyl groups is 3. The first kappa shape index (κ1) is 34.1. The van der Waals surface area contributed by atoms with Crippen LogP contribution >= 0.6 is 11.8 Å². The number of fused-ring (bicyclic) bond motifs is 3. The van der Waals surface area contributed by atoms with Crippen LogP contribution in [0.3, 0.4) is 0 Å². The second-order valence-electron chi connectivity index (χ2n) is 14.0. The molecule has 3 fully saturated rings. The van der Waals surface area contributed by atoms with E-state index in [1.54, 1.807) is 20.8 Å². The summed E-state index contributed by atoms with van der Waals surface area (Å²) in [6.07, 6.45) is 6.36. The Morgan fingerprint density at radius 2 is 1.91 bits per heavy atom. The molecule has 0 aliphatic carbocycles. The fourth-order valence-electron chi connectivity index (χ4n) is 6.84. The smallest absolute Gasteiger partial charge is 0.411 e. The van der Waals surface area contributed by atoms with Gasteiger partial charge in [-0.1, -0.05) is 38.8 Å². The van der Waals surface area contributed by atoms with Crippen molar-refractivity contribution in [3.05, 3.63) is 12.2 Å². The number of aliphatic hydroxyl groups excluding tert-OH is 3. The lowest BCUT2D eigenvalue weighted by atomic mass is 9.85. The predicted octanol–water partition coefficient (Wildman–Crippen LogP) is 2.69. The summed E-state index contributed by atoms with van der Waals surface area (Å²) in [5, 5.41) is 35.3. The number of nitrogens with one attached hydrogen (secondary N) is 1. The van der Waals surface area contributed by atoms with Crippen LogP contribution in [-0.4, -0.2) is 104 Å². The van der Waals surface area contributed by atoms with E-state index in [9.17, 15) is 24.9 Å². The molecule has 2 amide bonds. The second kappa shape index (κ2) is 14.1. The van der Waals surface area contributed by atoms with Crippen molar-refractivity contribution < 1.29 is 39.1 Å². The molecule has 10 nitrogen and oxygen atoms in total. The number of hydrogen-bond acceptors (Lipinski definition) is 9. The molecule has 0 aromatic heterocycles. The average molecular weight is 623 g/mol. The molecule has 4 N–H and O–H groups in total. The first-order valence-corrected chi connectivity index (χ1v) is 16.5. The van der Waals surface area contributed by atoms with Crippen molar-refractivity contribution in [2.75, 3.05) is 13.2 Å². The molecule has 4 heterocycles. The van der Waals surface area contributed by atoms with E-state index in [1.807, 2.05) is 19.1 Å². The summed E-state index contributed by atoms with van der Waals surface area (Å²) in [6, 6.07) is -1.73. The Morgan fingerprint density at radius 3 is 2.56 bits per heavy atom. The topological polar surface area (TPSA) is 138 Å². The van der Waals surface area contributed by atoms with Gasteiger partial charge in [0.1, 0.15) is 41.5 Å². The quantitative estimate of drug-likeness (QED) is 0.276. The van der Waals surface area contributed by atoms with E-state index >= 15 is 0 Å². The Bertz CT molecular complexity index is 1060. The maximum Gasteiger partial charge on any atom is 0.411 e. The molecule has 0 saturated carbocycles. The SMILES string of the molecule is C#C[C@@H]1C/C=C\[C@@H](C)[C@@H](NC(=O)[C@@H]2[C@@H]3OCC[C@@H](CC(C)C)C[C@H]3CN2C(=O)OC(C)(C)C)[C@H]2OC(S1)[C@H](O)[C@H](O)C2O. The van der Waals surface area contributed by atoms with Crippen molar-refractivity contribution in [3.63, 3.8) is 0 Å². The number of rotatable bonds is 4. The Hall–Kier alpha value is -1.81. The summed E-state index contributed by atoms with van der Waals surface area (Å²) in [4.78, 5) is 29.3. The number of hydrogen-bond donors (Lipinski definition) is 4. The highest BCUT2D eigenvalue weighted by molar-refractivity contribution is 8.00. The van der Waals surface area contributed by atoms with Gasteiger partial charge in [0, 0.05) is 19.1 Å². The molecule has 0 spiro atoms. The zero-order chi connectivity index (χ0) is 31.6. The van der Waals surface area contributed by atoms with Crippen molar-refractivity contribution >= 4 is 23.8 Å². The number of likely N-dealkylation sites (tertiary alicyclic amines) is 1. The van der Waals surface area contributed by atoms with E-state index in [1.165, 1.54) is 16.7 Å². The zero-order valence-corrected chi connectivity index (χ0v) is 27.0. The van der Waals surface area contributed by atoms with Crippen LogP contribution in [0.1, 0.15) is 67.2 Å². The van der Waals surface area contributed by atoms with Gasteiger partial charge in [0.05, 0.1) is 17.4 Å². The van der Waals surface area contributed by atoms with Gasteiger partial charge in [0.2, 0.25) is 5.91 Å². The van der Waals surface area contributed by atoms with Crippen LogP contribution in [0.25, 0.3) is 0 Å². The number of terminal acetylenes is 1. The van der Waals surface area contributed by atoms with Crippen molar-refractivity contribution in [1.82, 2.24) is 10.2 Å². The molecule has 0 aromatic carbocycles. The highest BCUT2D eigenvalue weighted by Crippen LogP contribution is 2.39. The molecule has 11 heteroatoms. The first-order valence-electron chi connectivity index (χ1n) is 15.6. The van der Waals surface area contributed by atoms with Gasteiger partial charge >= 0.3 is 6.09 Å². The van der Waals surface area contributed by atoms with Crippen LogP contribution in [0.4, 0.5) is 4.79 Å². The number of allylic oxidation sites excluding steroid dienone is 1. The van der Waals surface area contributed by atoms with Crippen LogP contribution in [-0.2, 0) is 19.0 Å². The van der Waals surface area contributed by atoms with Gasteiger partial charge in [0.15, 0.2) is 0 Å². The Labute approximate surface area is 260 Å². The van der Waals surface area contributed by atoms with E-state index in [-0.39, 0.29) is 17.1 Å². The summed E-state index contributed by atoms with van der Waals surface area (Å²) < 4.78 is 18.2. The molecular weight excluding hydrogens is 572 g/mol. The van der Waals surface area contributed by atoms with Gasteiger partial charge < -0.3 is 34.8 Å². The molecule has 242 valence electrons. The molecular formula is C32H50N2O8S. The highest BCUT2D eigenvalue weighted by atomic mass is 32.2. The molecule has 3 saturated heterocycles. The maximum absolute atomic E-state index is 14.3. The van der Waals surface area contributed by atoms with Crippen LogP contribution in [0.15, 0.2) is 12.2 Å². The molecule has 2 bridgehead atoms. The minimum Gasteiger partial charge on any atom is -0.444 e. The van der Waals surface area contributed by atoms with Crippen molar-refractivity contribution in [1.29, 1.82) is 0 Å². The van der Waals surface area contributed by atoms with Gasteiger partial charge in [-0.2, -0.15) is 0 Å². The van der Waals surface area contributed by atoms with Gasteiger partial charge in [-0.3, -0.25) is 9.69 Å². The lowest BCUT2D eigenvalue weighted by Gasteiger charge is -2.45. The third-order valence-electron chi connectivity index (χ3n) is 8.83.